The number of nitrogens with two attached hydrogens (primary N) is 1. The molecule has 2 rings (SSSR count). The Morgan fingerprint density at radius 3 is 2.20 bits per heavy atom. The van der Waals surface area contributed by atoms with Crippen LogP contribution in [0.1, 0.15) is 18.5 Å². The molecule has 0 fully saturated rings. The lowest BCUT2D eigenvalue weighted by Crippen LogP contribution is -2.16. The third kappa shape index (κ3) is 3.74. The second-order valence-corrected chi connectivity index (χ2v) is 4.49. The van der Waals surface area contributed by atoms with Crippen molar-refractivity contribution in [2.45, 2.75) is 19.3 Å². The number of hydrogen-bond donors (Lipinski definition) is 1. The Morgan fingerprint density at radius 1 is 1.00 bits per heavy atom. The third-order valence-electron chi connectivity index (χ3n) is 2.83. The molecule has 5 heteroatoms. The van der Waals surface area contributed by atoms with Gasteiger partial charge in [0, 0.05) is 6.04 Å². The maximum absolute atomic E-state index is 12.1. The smallest absolute Gasteiger partial charge is 0.406 e. The zero-order valence-electron chi connectivity index (χ0n) is 10.8. The minimum atomic E-state index is -4.67. The Balaban J connectivity index is 2.24. The topological polar surface area (TPSA) is 35.2 Å². The molecule has 0 radical (unpaired) electrons. The van der Waals surface area contributed by atoms with E-state index in [2.05, 4.69) is 4.74 Å². The zero-order valence-corrected chi connectivity index (χ0v) is 10.8. The Hall–Kier alpha value is -2.01. The van der Waals surface area contributed by atoms with Crippen LogP contribution in [0.15, 0.2) is 48.5 Å². The molecule has 0 spiro atoms. The second kappa shape index (κ2) is 5.54. The molecule has 0 aliphatic carbocycles. The van der Waals surface area contributed by atoms with Gasteiger partial charge in [0.15, 0.2) is 0 Å². The van der Waals surface area contributed by atoms with Gasteiger partial charge in [-0.1, -0.05) is 30.3 Å². The SMILES string of the molecule is C[C@H](N)c1cccc(-c2ccc(OC(F)(F)F)cc2)c1. The van der Waals surface area contributed by atoms with E-state index in [1.165, 1.54) is 12.1 Å². The van der Waals surface area contributed by atoms with Crippen LogP contribution in [0.5, 0.6) is 5.75 Å². The first-order valence-corrected chi connectivity index (χ1v) is 6.07. The Morgan fingerprint density at radius 2 is 1.65 bits per heavy atom. The standard InChI is InChI=1S/C15H14F3NO/c1-10(19)12-3-2-4-13(9-12)11-5-7-14(8-6-11)20-15(16,17)18/h2-10H,19H2,1H3/t10-/m0/s1. The van der Waals surface area contributed by atoms with Crippen LogP contribution in [0, 0.1) is 0 Å². The van der Waals surface area contributed by atoms with Gasteiger partial charge >= 0.3 is 6.36 Å². The number of benzene rings is 2. The highest BCUT2D eigenvalue weighted by molar-refractivity contribution is 5.65. The summed E-state index contributed by atoms with van der Waals surface area (Å²) in [6.45, 7) is 1.87. The molecule has 0 heterocycles. The molecule has 1 atom stereocenters. The Kier molecular flexibility index (Phi) is 3.99. The molecular formula is C15H14F3NO. The van der Waals surface area contributed by atoms with Crippen molar-refractivity contribution in [3.63, 3.8) is 0 Å². The number of hydrogen-bond acceptors (Lipinski definition) is 2. The van der Waals surface area contributed by atoms with Gasteiger partial charge in [-0.3, -0.25) is 0 Å². The molecule has 2 aromatic carbocycles. The largest absolute Gasteiger partial charge is 0.573 e. The van der Waals surface area contributed by atoms with E-state index in [9.17, 15) is 13.2 Å². The first-order chi connectivity index (χ1) is 9.35. The first-order valence-electron chi connectivity index (χ1n) is 6.07. The summed E-state index contributed by atoms with van der Waals surface area (Å²) in [5.74, 6) is -0.232. The Labute approximate surface area is 115 Å². The van der Waals surface area contributed by atoms with Gasteiger partial charge in [0.1, 0.15) is 5.75 Å². The highest BCUT2D eigenvalue weighted by atomic mass is 19.4. The van der Waals surface area contributed by atoms with Crippen molar-refractivity contribution in [1.82, 2.24) is 0 Å². The van der Waals surface area contributed by atoms with Crippen molar-refractivity contribution in [2.75, 3.05) is 0 Å². The van der Waals surface area contributed by atoms with Crippen molar-refractivity contribution in [2.24, 2.45) is 5.73 Å². The lowest BCUT2D eigenvalue weighted by Gasteiger charge is -2.11. The molecule has 0 aliphatic heterocycles. The fourth-order valence-corrected chi connectivity index (χ4v) is 1.85. The molecular weight excluding hydrogens is 267 g/mol. The minimum Gasteiger partial charge on any atom is -0.406 e. The monoisotopic (exact) mass is 281 g/mol. The van der Waals surface area contributed by atoms with Gasteiger partial charge < -0.3 is 10.5 Å². The van der Waals surface area contributed by atoms with Gasteiger partial charge in [-0.05, 0) is 41.8 Å². The van der Waals surface area contributed by atoms with E-state index < -0.39 is 6.36 Å². The van der Waals surface area contributed by atoms with Crippen LogP contribution in [-0.2, 0) is 0 Å². The van der Waals surface area contributed by atoms with Crippen LogP contribution in [0.2, 0.25) is 0 Å². The number of ether oxygens (including phenoxy) is 1. The first kappa shape index (κ1) is 14.4. The quantitative estimate of drug-likeness (QED) is 0.911. The van der Waals surface area contributed by atoms with Gasteiger partial charge in [-0.25, -0.2) is 0 Å². The highest BCUT2D eigenvalue weighted by Gasteiger charge is 2.30. The number of rotatable bonds is 3. The Bertz CT molecular complexity index is 576. The molecule has 0 aliphatic rings. The van der Waals surface area contributed by atoms with Crippen LogP contribution in [0.3, 0.4) is 0 Å². The van der Waals surface area contributed by atoms with Crippen molar-refractivity contribution in [1.29, 1.82) is 0 Å². The van der Waals surface area contributed by atoms with E-state index >= 15 is 0 Å². The van der Waals surface area contributed by atoms with E-state index in [1.54, 1.807) is 12.1 Å². The highest BCUT2D eigenvalue weighted by Crippen LogP contribution is 2.27. The fraction of sp³-hybridized carbons (Fsp3) is 0.200. The van der Waals surface area contributed by atoms with Crippen LogP contribution in [-0.4, -0.2) is 6.36 Å². The maximum atomic E-state index is 12.1. The second-order valence-electron chi connectivity index (χ2n) is 4.49. The predicted molar refractivity (Wildman–Crippen MR) is 71.2 cm³/mol. The van der Waals surface area contributed by atoms with Crippen LogP contribution in [0.25, 0.3) is 11.1 Å². The summed E-state index contributed by atoms with van der Waals surface area (Å²) in [6.07, 6.45) is -4.67. The van der Waals surface area contributed by atoms with Crippen molar-refractivity contribution in [3.8, 4) is 16.9 Å². The summed E-state index contributed by atoms with van der Waals surface area (Å²) in [5.41, 5.74) is 8.49. The molecule has 106 valence electrons. The molecule has 2 aromatic rings. The lowest BCUT2D eigenvalue weighted by atomic mass is 10.0. The zero-order chi connectivity index (χ0) is 14.8. The molecule has 0 bridgehead atoms. The van der Waals surface area contributed by atoms with E-state index in [1.807, 2.05) is 31.2 Å². The van der Waals surface area contributed by atoms with Gasteiger partial charge in [0.25, 0.3) is 0 Å². The maximum Gasteiger partial charge on any atom is 0.573 e. The van der Waals surface area contributed by atoms with E-state index in [0.29, 0.717) is 0 Å². The van der Waals surface area contributed by atoms with E-state index in [-0.39, 0.29) is 11.8 Å². The van der Waals surface area contributed by atoms with Crippen molar-refractivity contribution >= 4 is 0 Å². The summed E-state index contributed by atoms with van der Waals surface area (Å²) in [6, 6.07) is 13.2. The molecule has 20 heavy (non-hydrogen) atoms. The van der Waals surface area contributed by atoms with Crippen LogP contribution >= 0.6 is 0 Å². The average molecular weight is 281 g/mol. The summed E-state index contributed by atoms with van der Waals surface area (Å²) >= 11 is 0. The predicted octanol–water partition coefficient (Wildman–Crippen LogP) is 4.27. The molecule has 2 N–H and O–H groups in total. The molecule has 0 saturated heterocycles. The van der Waals surface area contributed by atoms with Crippen molar-refractivity contribution in [3.05, 3.63) is 54.1 Å². The van der Waals surface area contributed by atoms with Gasteiger partial charge in [-0.15, -0.1) is 13.2 Å². The van der Waals surface area contributed by atoms with Gasteiger partial charge in [0.05, 0.1) is 0 Å². The van der Waals surface area contributed by atoms with Crippen molar-refractivity contribution < 1.29 is 17.9 Å². The molecule has 0 aromatic heterocycles. The average Bonchev–Trinajstić information content (AvgIpc) is 2.38. The van der Waals surface area contributed by atoms with Gasteiger partial charge in [0.2, 0.25) is 0 Å². The normalized spacial score (nSPS) is 13.1. The molecule has 0 unspecified atom stereocenters. The summed E-state index contributed by atoms with van der Waals surface area (Å²) < 4.78 is 40.0. The summed E-state index contributed by atoms with van der Waals surface area (Å²) in [7, 11) is 0. The summed E-state index contributed by atoms with van der Waals surface area (Å²) in [5, 5.41) is 0. The molecule has 0 amide bonds. The van der Waals surface area contributed by atoms with Crippen LogP contribution in [0.4, 0.5) is 13.2 Å². The number of alkyl halides is 3. The minimum absolute atomic E-state index is 0.0946. The summed E-state index contributed by atoms with van der Waals surface area (Å²) in [4.78, 5) is 0. The van der Waals surface area contributed by atoms with E-state index in [0.717, 1.165) is 16.7 Å². The molecule has 0 saturated carbocycles. The third-order valence-corrected chi connectivity index (χ3v) is 2.83. The molecule has 2 nitrogen and oxygen atoms in total. The fourth-order valence-electron chi connectivity index (χ4n) is 1.85. The number of halogens is 3. The lowest BCUT2D eigenvalue weighted by molar-refractivity contribution is -0.274. The van der Waals surface area contributed by atoms with E-state index in [4.69, 9.17) is 5.73 Å². The van der Waals surface area contributed by atoms with Crippen LogP contribution < -0.4 is 10.5 Å². The van der Waals surface area contributed by atoms with Gasteiger partial charge in [-0.2, -0.15) is 0 Å².